The van der Waals surface area contributed by atoms with Crippen molar-refractivity contribution in [2.45, 2.75) is 136 Å². The fourth-order valence-corrected chi connectivity index (χ4v) is 5.00. The topological polar surface area (TPSA) is 115 Å². The quantitative estimate of drug-likeness (QED) is 0.183. The Morgan fingerprint density at radius 1 is 0.697 bits per heavy atom. The van der Waals surface area contributed by atoms with E-state index in [0.717, 1.165) is 19.3 Å². The molecule has 0 aromatic heterocycles. The van der Waals surface area contributed by atoms with Crippen LogP contribution in [0.1, 0.15) is 118 Å². The molecule has 0 aliphatic heterocycles. The third kappa shape index (κ3) is 9.86. The number of nitrogens with zero attached hydrogens (tertiary/aromatic N) is 1. The third-order valence-electron chi connectivity index (χ3n) is 6.71. The van der Waals surface area contributed by atoms with Crippen LogP contribution in [-0.4, -0.2) is 50.7 Å². The summed E-state index contributed by atoms with van der Waals surface area (Å²) in [5, 5.41) is 31.8. The minimum Gasteiger partial charge on any atom is -0.544 e. The number of carbonyl (C=O) groups is 3. The molecule has 0 aromatic rings. The van der Waals surface area contributed by atoms with E-state index in [2.05, 4.69) is 6.92 Å². The molecule has 0 radical (unpaired) electrons. The number of unbranched alkanes of at least 4 members (excludes halogenated alkanes) is 10. The summed E-state index contributed by atoms with van der Waals surface area (Å²) in [6, 6.07) is -3.62. The molecular weight excluding hydrogens is 422 g/mol. The minimum absolute atomic E-state index is 0.0818. The van der Waals surface area contributed by atoms with Gasteiger partial charge in [-0.15, -0.1) is 0 Å². The summed E-state index contributed by atoms with van der Waals surface area (Å²) in [5.74, 6) is -3.80. The maximum absolute atomic E-state index is 12.1. The number of rotatable bonds is 21. The van der Waals surface area contributed by atoms with Gasteiger partial charge in [0.15, 0.2) is 12.1 Å². The number of allylic oxidation sites excluding steroid dienone is 1. The highest BCUT2D eigenvalue weighted by molar-refractivity contribution is 5.77. The molecule has 0 saturated heterocycles. The van der Waals surface area contributed by atoms with Crippen LogP contribution >= 0.6 is 0 Å². The predicted octanol–water partition coefficient (Wildman–Crippen LogP) is 4.88. The minimum atomic E-state index is -1.42. The molecular formula is C26H47NO6. The number of carboxylic acids is 3. The summed E-state index contributed by atoms with van der Waals surface area (Å²) in [5.41, 5.74) is 0. The molecule has 0 aromatic carbocycles. The van der Waals surface area contributed by atoms with Crippen LogP contribution in [0.15, 0.2) is 12.3 Å². The average Bonchev–Trinajstić information content (AvgIpc) is 2.75. The first-order chi connectivity index (χ1) is 15.7. The predicted molar refractivity (Wildman–Crippen MR) is 128 cm³/mol. The van der Waals surface area contributed by atoms with Crippen molar-refractivity contribution in [3.05, 3.63) is 12.3 Å². The Kier molecular flexibility index (Phi) is 16.6. The molecule has 0 spiro atoms. The van der Waals surface area contributed by atoms with Crippen molar-refractivity contribution < 1.29 is 34.2 Å². The Morgan fingerprint density at radius 2 is 1.09 bits per heavy atom. The summed E-state index contributed by atoms with van der Waals surface area (Å²) in [6.45, 7) is 7.15. The van der Waals surface area contributed by atoms with Crippen molar-refractivity contribution in [2.75, 3.05) is 0 Å². The molecule has 3 unspecified atom stereocenters. The van der Waals surface area contributed by atoms with Gasteiger partial charge < -0.3 is 20.1 Å². The van der Waals surface area contributed by atoms with Crippen LogP contribution in [0, 0.1) is 0 Å². The van der Waals surface area contributed by atoms with Crippen LogP contribution in [0.25, 0.3) is 0 Å². The van der Waals surface area contributed by atoms with Crippen LogP contribution in [0.4, 0.5) is 0 Å². The van der Waals surface area contributed by atoms with E-state index in [4.69, 9.17) is 0 Å². The molecule has 192 valence electrons. The number of hydrogen-bond donors (Lipinski definition) is 2. The highest BCUT2D eigenvalue weighted by Gasteiger charge is 2.53. The van der Waals surface area contributed by atoms with Gasteiger partial charge in [-0.25, -0.2) is 9.59 Å². The monoisotopic (exact) mass is 469 g/mol. The summed E-state index contributed by atoms with van der Waals surface area (Å²) in [6.07, 6.45) is 16.3. The van der Waals surface area contributed by atoms with Crippen LogP contribution in [0.3, 0.4) is 0 Å². The molecule has 3 atom stereocenters. The molecule has 0 heterocycles. The summed E-state index contributed by atoms with van der Waals surface area (Å²) >= 11 is 0. The van der Waals surface area contributed by atoms with E-state index in [1.54, 1.807) is 33.0 Å². The molecule has 0 fully saturated rings. The largest absolute Gasteiger partial charge is 0.544 e. The number of carbonyl (C=O) groups excluding carboxylic acids is 1. The van der Waals surface area contributed by atoms with Crippen LogP contribution < -0.4 is 5.11 Å². The standard InChI is InChI=1S/C26H47NO6/c1-5-9-10-11-12-13-14-15-16-17-18-19-20-27(21(6-2)24(28)29,22(7-3)25(30)31)23(8-4)26(32)33/h19-23H,5-18H2,1-4H3,(H2-,28,29,30,31,32,33)/b20-19+. The number of aliphatic carboxylic acids is 3. The molecule has 33 heavy (non-hydrogen) atoms. The van der Waals surface area contributed by atoms with Crippen molar-refractivity contribution in [3.63, 3.8) is 0 Å². The molecule has 2 N–H and O–H groups in total. The lowest BCUT2D eigenvalue weighted by Crippen LogP contribution is -2.70. The Balaban J connectivity index is 5.35. The van der Waals surface area contributed by atoms with Gasteiger partial charge in [0.2, 0.25) is 0 Å². The normalized spacial score (nSPS) is 16.2. The lowest BCUT2D eigenvalue weighted by Gasteiger charge is -2.48. The Labute approximate surface area is 200 Å². The van der Waals surface area contributed by atoms with Gasteiger partial charge in [-0.3, -0.25) is 4.48 Å². The van der Waals surface area contributed by atoms with Crippen molar-refractivity contribution in [3.8, 4) is 0 Å². The first-order valence-electron chi connectivity index (χ1n) is 13.0. The van der Waals surface area contributed by atoms with E-state index in [1.807, 2.05) is 0 Å². The number of carboxylic acid groups (broad SMARTS) is 3. The van der Waals surface area contributed by atoms with Gasteiger partial charge in [-0.05, 0) is 18.9 Å². The zero-order valence-electron chi connectivity index (χ0n) is 21.3. The highest BCUT2D eigenvalue weighted by atomic mass is 16.4. The van der Waals surface area contributed by atoms with Crippen LogP contribution in [0.5, 0.6) is 0 Å². The van der Waals surface area contributed by atoms with E-state index in [9.17, 15) is 29.7 Å². The van der Waals surface area contributed by atoms with E-state index < -0.39 is 40.5 Å². The fraction of sp³-hybridized carbons (Fsp3) is 0.808. The SMILES string of the molecule is CCCCCCCCCCCC/C=C/[N+](C(CC)C(=O)[O-])(C(CC)C(=O)O)C(CC)C(=O)O. The lowest BCUT2D eigenvalue weighted by atomic mass is 9.95. The Bertz CT molecular complexity index is 549. The van der Waals surface area contributed by atoms with E-state index in [-0.39, 0.29) is 19.3 Å². The second kappa shape index (κ2) is 17.6. The molecule has 0 aliphatic carbocycles. The van der Waals surface area contributed by atoms with Gasteiger partial charge in [0.1, 0.15) is 6.04 Å². The second-order valence-electron chi connectivity index (χ2n) is 9.02. The number of quaternary nitrogens is 1. The van der Waals surface area contributed by atoms with Crippen molar-refractivity contribution >= 4 is 17.9 Å². The Morgan fingerprint density at radius 3 is 1.42 bits per heavy atom. The first-order valence-corrected chi connectivity index (χ1v) is 13.0. The summed E-state index contributed by atoms with van der Waals surface area (Å²) in [7, 11) is 0. The van der Waals surface area contributed by atoms with E-state index in [1.165, 1.54) is 44.9 Å². The van der Waals surface area contributed by atoms with Crippen LogP contribution in [-0.2, 0) is 14.4 Å². The maximum Gasteiger partial charge on any atom is 0.362 e. The third-order valence-corrected chi connectivity index (χ3v) is 6.71. The van der Waals surface area contributed by atoms with E-state index in [0.29, 0.717) is 6.42 Å². The molecule has 0 amide bonds. The highest BCUT2D eigenvalue weighted by Crippen LogP contribution is 2.32. The molecule has 0 rings (SSSR count). The van der Waals surface area contributed by atoms with Crippen molar-refractivity contribution in [1.29, 1.82) is 0 Å². The summed E-state index contributed by atoms with van der Waals surface area (Å²) < 4.78 is -0.645. The van der Waals surface area contributed by atoms with Gasteiger partial charge in [0.25, 0.3) is 0 Å². The van der Waals surface area contributed by atoms with Gasteiger partial charge >= 0.3 is 11.9 Å². The Hall–Kier alpha value is -1.89. The van der Waals surface area contributed by atoms with Gasteiger partial charge in [0, 0.05) is 19.3 Å². The van der Waals surface area contributed by atoms with E-state index >= 15 is 0 Å². The zero-order valence-corrected chi connectivity index (χ0v) is 21.3. The average molecular weight is 470 g/mol. The zero-order chi connectivity index (χ0) is 25.3. The molecule has 0 bridgehead atoms. The molecule has 7 heteroatoms. The van der Waals surface area contributed by atoms with Gasteiger partial charge in [-0.1, -0.05) is 85.5 Å². The van der Waals surface area contributed by atoms with Crippen molar-refractivity contribution in [1.82, 2.24) is 0 Å². The molecule has 7 nitrogen and oxygen atoms in total. The number of hydrogen-bond acceptors (Lipinski definition) is 4. The van der Waals surface area contributed by atoms with Crippen LogP contribution in [0.2, 0.25) is 0 Å². The maximum atomic E-state index is 12.1. The second-order valence-corrected chi connectivity index (χ2v) is 9.02. The lowest BCUT2D eigenvalue weighted by molar-refractivity contribution is -0.929. The van der Waals surface area contributed by atoms with Gasteiger partial charge in [0.05, 0.1) is 12.2 Å². The molecule has 0 saturated carbocycles. The van der Waals surface area contributed by atoms with Crippen molar-refractivity contribution in [2.24, 2.45) is 0 Å². The smallest absolute Gasteiger partial charge is 0.362 e. The van der Waals surface area contributed by atoms with Gasteiger partial charge in [-0.2, -0.15) is 0 Å². The fourth-order valence-electron chi connectivity index (χ4n) is 5.00. The molecule has 0 aliphatic rings. The first kappa shape index (κ1) is 31.1. The summed E-state index contributed by atoms with van der Waals surface area (Å²) in [4.78, 5) is 36.3.